The maximum atomic E-state index is 12.7. The van der Waals surface area contributed by atoms with Crippen LogP contribution in [0.2, 0.25) is 0 Å². The van der Waals surface area contributed by atoms with Gasteiger partial charge < -0.3 is 9.47 Å². The van der Waals surface area contributed by atoms with Gasteiger partial charge in [0.15, 0.2) is 11.5 Å². The fourth-order valence-electron chi connectivity index (χ4n) is 2.85. The Balaban J connectivity index is 1.74. The van der Waals surface area contributed by atoms with Gasteiger partial charge in [0.25, 0.3) is 11.1 Å². The number of methoxy groups -OCH3 is 1. The molecule has 3 rings (SSSR count). The van der Waals surface area contributed by atoms with Gasteiger partial charge in [-0.15, -0.1) is 0 Å². The topological polar surface area (TPSA) is 55.8 Å². The van der Waals surface area contributed by atoms with Crippen molar-refractivity contribution in [3.63, 3.8) is 0 Å². The minimum Gasteiger partial charge on any atom is -0.493 e. The van der Waals surface area contributed by atoms with Crippen molar-refractivity contribution in [2.45, 2.75) is 26.4 Å². The zero-order valence-electron chi connectivity index (χ0n) is 16.2. The van der Waals surface area contributed by atoms with Gasteiger partial charge in [0.1, 0.15) is 0 Å². The van der Waals surface area contributed by atoms with E-state index in [0.717, 1.165) is 22.9 Å². The van der Waals surface area contributed by atoms with Gasteiger partial charge >= 0.3 is 0 Å². The first-order chi connectivity index (χ1) is 13.5. The third-order valence-corrected chi connectivity index (χ3v) is 5.10. The van der Waals surface area contributed by atoms with Gasteiger partial charge in [0.2, 0.25) is 0 Å². The van der Waals surface area contributed by atoms with Crippen LogP contribution >= 0.6 is 11.8 Å². The van der Waals surface area contributed by atoms with Crippen LogP contribution in [-0.2, 0) is 11.2 Å². The molecule has 0 radical (unpaired) electrons. The number of rotatable bonds is 7. The van der Waals surface area contributed by atoms with E-state index in [1.165, 1.54) is 4.90 Å². The second kappa shape index (κ2) is 8.97. The van der Waals surface area contributed by atoms with Crippen molar-refractivity contribution >= 4 is 29.0 Å². The molecule has 1 heterocycles. The van der Waals surface area contributed by atoms with E-state index in [9.17, 15) is 9.59 Å². The molecule has 0 N–H and O–H groups in total. The molecule has 5 nitrogen and oxygen atoms in total. The third-order valence-electron chi connectivity index (χ3n) is 4.19. The number of nitrogens with zero attached hydrogens (tertiary/aromatic N) is 1. The van der Waals surface area contributed by atoms with E-state index in [-0.39, 0.29) is 17.3 Å². The molecule has 28 heavy (non-hydrogen) atoms. The van der Waals surface area contributed by atoms with Crippen molar-refractivity contribution in [3.8, 4) is 11.5 Å². The summed E-state index contributed by atoms with van der Waals surface area (Å²) in [6.45, 7) is 4.26. The van der Waals surface area contributed by atoms with Crippen LogP contribution in [0.3, 0.4) is 0 Å². The van der Waals surface area contributed by atoms with E-state index < -0.39 is 0 Å². The van der Waals surface area contributed by atoms with Gasteiger partial charge in [-0.3, -0.25) is 14.5 Å². The van der Waals surface area contributed by atoms with Crippen LogP contribution in [0.1, 0.15) is 25.0 Å². The molecule has 2 aromatic carbocycles. The Morgan fingerprint density at radius 1 is 1.07 bits per heavy atom. The minimum atomic E-state index is -0.257. The summed E-state index contributed by atoms with van der Waals surface area (Å²) in [5.41, 5.74) is 1.87. The summed E-state index contributed by atoms with van der Waals surface area (Å²) in [6, 6.07) is 15.3. The molecule has 146 valence electrons. The number of ether oxygens (including phenoxy) is 2. The standard InChI is InChI=1S/C22H23NO4S/c1-15(2)27-18-10-9-17(13-19(18)26-3)14-20-21(24)23(22(25)28-20)12-11-16-7-5-4-6-8-16/h4-10,13-15H,11-12H2,1-3H3/b20-14-. The molecule has 1 fully saturated rings. The molecule has 0 aromatic heterocycles. The fraction of sp³-hybridized carbons (Fsp3) is 0.273. The quantitative estimate of drug-likeness (QED) is 0.631. The summed E-state index contributed by atoms with van der Waals surface area (Å²) < 4.78 is 11.1. The van der Waals surface area contributed by atoms with Crippen LogP contribution in [-0.4, -0.2) is 35.8 Å². The Bertz CT molecular complexity index is 893. The number of benzene rings is 2. The Labute approximate surface area is 169 Å². The van der Waals surface area contributed by atoms with Gasteiger partial charge in [0, 0.05) is 6.54 Å². The molecule has 2 aromatic rings. The monoisotopic (exact) mass is 397 g/mol. The van der Waals surface area contributed by atoms with Crippen LogP contribution in [0.4, 0.5) is 4.79 Å². The Morgan fingerprint density at radius 2 is 1.82 bits per heavy atom. The van der Waals surface area contributed by atoms with Crippen LogP contribution in [0.25, 0.3) is 6.08 Å². The van der Waals surface area contributed by atoms with Crippen LogP contribution in [0.15, 0.2) is 53.4 Å². The van der Waals surface area contributed by atoms with E-state index in [1.807, 2.05) is 56.3 Å². The predicted octanol–water partition coefficient (Wildman–Crippen LogP) is 4.76. The summed E-state index contributed by atoms with van der Waals surface area (Å²) >= 11 is 0.967. The maximum Gasteiger partial charge on any atom is 0.293 e. The van der Waals surface area contributed by atoms with E-state index >= 15 is 0 Å². The Morgan fingerprint density at radius 3 is 2.50 bits per heavy atom. The number of hydrogen-bond donors (Lipinski definition) is 0. The number of imide groups is 1. The largest absolute Gasteiger partial charge is 0.493 e. The smallest absolute Gasteiger partial charge is 0.293 e. The van der Waals surface area contributed by atoms with E-state index in [4.69, 9.17) is 9.47 Å². The molecule has 0 saturated carbocycles. The van der Waals surface area contributed by atoms with Crippen LogP contribution < -0.4 is 9.47 Å². The second-order valence-corrected chi connectivity index (χ2v) is 7.64. The zero-order valence-corrected chi connectivity index (χ0v) is 17.0. The number of amides is 2. The molecule has 0 spiro atoms. The molecule has 0 atom stereocenters. The maximum absolute atomic E-state index is 12.7. The molecular formula is C22H23NO4S. The molecule has 1 aliphatic heterocycles. The average molecular weight is 397 g/mol. The molecule has 6 heteroatoms. The first-order valence-corrected chi connectivity index (χ1v) is 9.93. The average Bonchev–Trinajstić information content (AvgIpc) is 2.94. The highest BCUT2D eigenvalue weighted by atomic mass is 32.2. The highest BCUT2D eigenvalue weighted by Crippen LogP contribution is 2.34. The highest BCUT2D eigenvalue weighted by Gasteiger charge is 2.34. The highest BCUT2D eigenvalue weighted by molar-refractivity contribution is 8.18. The van der Waals surface area contributed by atoms with Gasteiger partial charge in [-0.25, -0.2) is 0 Å². The van der Waals surface area contributed by atoms with Gasteiger partial charge in [-0.05, 0) is 61.4 Å². The third kappa shape index (κ3) is 4.75. The van der Waals surface area contributed by atoms with Crippen LogP contribution in [0, 0.1) is 0 Å². The second-order valence-electron chi connectivity index (χ2n) is 6.65. The molecule has 1 saturated heterocycles. The van der Waals surface area contributed by atoms with E-state index in [0.29, 0.717) is 29.4 Å². The van der Waals surface area contributed by atoms with E-state index in [2.05, 4.69) is 0 Å². The van der Waals surface area contributed by atoms with Gasteiger partial charge in [-0.1, -0.05) is 36.4 Å². The van der Waals surface area contributed by atoms with Crippen molar-refractivity contribution in [2.24, 2.45) is 0 Å². The van der Waals surface area contributed by atoms with Crippen LogP contribution in [0.5, 0.6) is 11.5 Å². The summed E-state index contributed by atoms with van der Waals surface area (Å²) in [7, 11) is 1.57. The lowest BCUT2D eigenvalue weighted by Gasteiger charge is -2.14. The first kappa shape index (κ1) is 20.0. The van der Waals surface area contributed by atoms with Crippen molar-refractivity contribution in [3.05, 3.63) is 64.6 Å². The summed E-state index contributed by atoms with van der Waals surface area (Å²) in [6.07, 6.45) is 2.39. The molecule has 0 aliphatic carbocycles. The first-order valence-electron chi connectivity index (χ1n) is 9.12. The number of carbonyl (C=O) groups excluding carboxylic acids is 2. The van der Waals surface area contributed by atoms with Crippen molar-refractivity contribution in [2.75, 3.05) is 13.7 Å². The summed E-state index contributed by atoms with van der Waals surface area (Å²) in [4.78, 5) is 26.7. The molecule has 0 unspecified atom stereocenters. The summed E-state index contributed by atoms with van der Waals surface area (Å²) in [5, 5.41) is -0.237. The van der Waals surface area contributed by atoms with Crippen molar-refractivity contribution < 1.29 is 19.1 Å². The minimum absolute atomic E-state index is 0.0286. The molecular weight excluding hydrogens is 374 g/mol. The lowest BCUT2D eigenvalue weighted by atomic mass is 10.1. The lowest BCUT2D eigenvalue weighted by Crippen LogP contribution is -2.30. The van der Waals surface area contributed by atoms with E-state index in [1.54, 1.807) is 19.3 Å². The van der Waals surface area contributed by atoms with Crippen molar-refractivity contribution in [1.29, 1.82) is 0 Å². The SMILES string of the molecule is COc1cc(/C=C2\SC(=O)N(CCc3ccccc3)C2=O)ccc1OC(C)C. The number of hydrogen-bond acceptors (Lipinski definition) is 5. The lowest BCUT2D eigenvalue weighted by molar-refractivity contribution is -0.122. The van der Waals surface area contributed by atoms with Crippen molar-refractivity contribution in [1.82, 2.24) is 4.90 Å². The zero-order chi connectivity index (χ0) is 20.1. The molecule has 1 aliphatic rings. The van der Waals surface area contributed by atoms with Gasteiger partial charge in [-0.2, -0.15) is 0 Å². The van der Waals surface area contributed by atoms with Gasteiger partial charge in [0.05, 0.1) is 18.1 Å². The Hall–Kier alpha value is -2.73. The normalized spacial score (nSPS) is 15.6. The predicted molar refractivity (Wildman–Crippen MR) is 112 cm³/mol. The summed E-state index contributed by atoms with van der Waals surface area (Å²) in [5.74, 6) is 0.976. The Kier molecular flexibility index (Phi) is 6.41. The molecule has 2 amide bonds. The fourth-order valence-corrected chi connectivity index (χ4v) is 3.72. The molecule has 0 bridgehead atoms. The number of thioether (sulfide) groups is 1. The number of carbonyl (C=O) groups is 2.